The number of ketones is 1. The van der Waals surface area contributed by atoms with Gasteiger partial charge >= 0.3 is 5.97 Å². The van der Waals surface area contributed by atoms with Gasteiger partial charge in [-0.1, -0.05) is 30.4 Å². The van der Waals surface area contributed by atoms with Gasteiger partial charge in [-0.2, -0.15) is 0 Å². The van der Waals surface area contributed by atoms with Crippen LogP contribution in [0.2, 0.25) is 0 Å². The van der Waals surface area contributed by atoms with Crippen LogP contribution in [0.25, 0.3) is 0 Å². The van der Waals surface area contributed by atoms with E-state index in [0.29, 0.717) is 44.0 Å². The van der Waals surface area contributed by atoms with Crippen molar-refractivity contribution in [2.24, 2.45) is 11.8 Å². The van der Waals surface area contributed by atoms with Crippen molar-refractivity contribution in [3.63, 3.8) is 0 Å². The lowest BCUT2D eigenvalue weighted by Gasteiger charge is -2.28. The van der Waals surface area contributed by atoms with Gasteiger partial charge < -0.3 is 29.2 Å². The van der Waals surface area contributed by atoms with E-state index in [4.69, 9.17) is 24.1 Å². The van der Waals surface area contributed by atoms with E-state index in [1.54, 1.807) is 24.3 Å². The Bertz CT molecular complexity index is 861. The minimum Gasteiger partial charge on any atom is -0.481 e. The van der Waals surface area contributed by atoms with E-state index in [1.165, 1.54) is 0 Å². The average molecular weight is 444 g/mol. The van der Waals surface area contributed by atoms with Gasteiger partial charge in [0.1, 0.15) is 5.78 Å². The summed E-state index contributed by atoms with van der Waals surface area (Å²) >= 11 is 0. The largest absolute Gasteiger partial charge is 0.481 e. The van der Waals surface area contributed by atoms with Crippen molar-refractivity contribution >= 4 is 11.8 Å². The monoisotopic (exact) mass is 444 g/mol. The average Bonchev–Trinajstić information content (AvgIpc) is 3.47. The number of hydrogen-bond acceptors (Lipinski definition) is 7. The number of para-hydroxylation sites is 2. The molecule has 0 bridgehead atoms. The number of carboxylic acids is 1. The molecule has 0 spiro atoms. The number of fused-ring (bicyclic) bond motifs is 1. The number of aliphatic hydroxyl groups is 1. The normalized spacial score (nSPS) is 27.2. The fraction of sp³-hybridized carbons (Fsp3) is 0.500. The van der Waals surface area contributed by atoms with Crippen LogP contribution in [-0.4, -0.2) is 53.4 Å². The van der Waals surface area contributed by atoms with Crippen LogP contribution < -0.4 is 9.47 Å². The number of carboxylic acid groups (broad SMARTS) is 1. The molecule has 1 aromatic carbocycles. The molecule has 4 rings (SSSR count). The van der Waals surface area contributed by atoms with Crippen molar-refractivity contribution in [2.75, 3.05) is 13.2 Å². The number of aliphatic carboxylic acids is 1. The fourth-order valence-corrected chi connectivity index (χ4v) is 4.32. The van der Waals surface area contributed by atoms with Crippen LogP contribution in [-0.2, 0) is 19.1 Å². The van der Waals surface area contributed by atoms with Gasteiger partial charge in [0.05, 0.1) is 19.3 Å². The third-order valence-corrected chi connectivity index (χ3v) is 5.99. The van der Waals surface area contributed by atoms with Gasteiger partial charge in [-0.3, -0.25) is 9.59 Å². The van der Waals surface area contributed by atoms with Crippen molar-refractivity contribution < 1.29 is 38.7 Å². The molecule has 2 heterocycles. The number of carbonyl (C=O) groups is 2. The molecule has 8 nitrogen and oxygen atoms in total. The maximum atomic E-state index is 12.6. The number of ether oxygens (including phenoxy) is 4. The number of allylic oxidation sites excluding steroid dienone is 3. The number of benzene rings is 1. The summed E-state index contributed by atoms with van der Waals surface area (Å²) in [6.45, 7) is 0.737. The molecule has 172 valence electrons. The van der Waals surface area contributed by atoms with Gasteiger partial charge in [0, 0.05) is 24.7 Å². The molecule has 2 fully saturated rings. The Hall–Kier alpha value is -2.68. The number of hydrogen-bond donors (Lipinski definition) is 2. The Morgan fingerprint density at radius 1 is 1.12 bits per heavy atom. The van der Waals surface area contributed by atoms with Gasteiger partial charge in [0.25, 0.3) is 12.1 Å². The van der Waals surface area contributed by atoms with Crippen molar-refractivity contribution in [3.8, 4) is 11.5 Å². The molecule has 32 heavy (non-hydrogen) atoms. The van der Waals surface area contributed by atoms with Crippen molar-refractivity contribution in [1.29, 1.82) is 0 Å². The maximum absolute atomic E-state index is 12.6. The van der Waals surface area contributed by atoms with E-state index in [-0.39, 0.29) is 24.5 Å². The third-order valence-electron chi connectivity index (χ3n) is 5.99. The Labute approximate surface area is 186 Å². The highest BCUT2D eigenvalue weighted by Gasteiger charge is 2.50. The molecule has 1 aromatic rings. The Morgan fingerprint density at radius 2 is 1.81 bits per heavy atom. The summed E-state index contributed by atoms with van der Waals surface area (Å²) < 4.78 is 23.5. The van der Waals surface area contributed by atoms with Crippen molar-refractivity contribution in [2.45, 2.75) is 50.3 Å². The second-order valence-electron chi connectivity index (χ2n) is 8.21. The number of carbonyl (C=O) groups excluding carboxylic acids is 1. The summed E-state index contributed by atoms with van der Waals surface area (Å²) in [4.78, 5) is 23.2. The minimum absolute atomic E-state index is 0.0391. The second-order valence-corrected chi connectivity index (χ2v) is 8.21. The molecule has 2 N–H and O–H groups in total. The summed E-state index contributed by atoms with van der Waals surface area (Å²) in [6, 6.07) is 7.30. The summed E-state index contributed by atoms with van der Waals surface area (Å²) in [7, 11) is 0. The predicted molar refractivity (Wildman–Crippen MR) is 113 cm³/mol. The van der Waals surface area contributed by atoms with E-state index < -0.39 is 30.1 Å². The van der Waals surface area contributed by atoms with Gasteiger partial charge in [0.15, 0.2) is 11.5 Å². The van der Waals surface area contributed by atoms with Crippen LogP contribution in [0, 0.1) is 11.8 Å². The van der Waals surface area contributed by atoms with E-state index >= 15 is 0 Å². The molecule has 0 radical (unpaired) electrons. The fourth-order valence-electron chi connectivity index (χ4n) is 4.32. The Morgan fingerprint density at radius 3 is 2.47 bits per heavy atom. The standard InChI is InChI=1S/C24H28O8/c25-18-15-19(26)17(16(18)7-3-1-2-4-10-22(27)28)11-12-24(29-13-14-30-24)23-31-20-8-5-6-9-21(20)32-23/h1,3,5-6,8-9,11-12,16-18,23,25H,2,4,7,10,13-15H2,(H,27,28)/b3-1-,12-11+/t16-,17-,18+/m1/s1. The lowest BCUT2D eigenvalue weighted by molar-refractivity contribution is -0.222. The zero-order valence-corrected chi connectivity index (χ0v) is 17.7. The number of aliphatic hydroxyl groups excluding tert-OH is 1. The van der Waals surface area contributed by atoms with E-state index in [2.05, 4.69) is 0 Å². The summed E-state index contributed by atoms with van der Waals surface area (Å²) in [5.41, 5.74) is 0. The molecule has 3 atom stereocenters. The highest BCUT2D eigenvalue weighted by molar-refractivity contribution is 5.86. The first-order chi connectivity index (χ1) is 15.5. The lowest BCUT2D eigenvalue weighted by atomic mass is 9.90. The summed E-state index contributed by atoms with van der Waals surface area (Å²) in [6.07, 6.45) is 7.61. The van der Waals surface area contributed by atoms with Crippen LogP contribution in [0.15, 0.2) is 48.6 Å². The molecule has 8 heteroatoms. The minimum atomic E-state index is -1.27. The topological polar surface area (TPSA) is 112 Å². The van der Waals surface area contributed by atoms with Crippen LogP contribution in [0.3, 0.4) is 0 Å². The van der Waals surface area contributed by atoms with Crippen LogP contribution >= 0.6 is 0 Å². The molecular weight excluding hydrogens is 416 g/mol. The molecular formula is C24H28O8. The van der Waals surface area contributed by atoms with Crippen molar-refractivity contribution in [1.82, 2.24) is 0 Å². The van der Waals surface area contributed by atoms with Gasteiger partial charge in [0.2, 0.25) is 0 Å². The number of unbranched alkanes of at least 4 members (excludes halogenated alkanes) is 1. The Balaban J connectivity index is 1.42. The number of rotatable bonds is 9. The first-order valence-corrected chi connectivity index (χ1v) is 11.0. The van der Waals surface area contributed by atoms with Crippen LogP contribution in [0.5, 0.6) is 11.5 Å². The van der Waals surface area contributed by atoms with Gasteiger partial charge in [-0.15, -0.1) is 0 Å². The van der Waals surface area contributed by atoms with E-state index in [0.717, 1.165) is 0 Å². The lowest BCUT2D eigenvalue weighted by Crippen LogP contribution is -2.47. The maximum Gasteiger partial charge on any atom is 0.303 e. The molecule has 1 saturated heterocycles. The molecule has 2 aliphatic heterocycles. The highest BCUT2D eigenvalue weighted by Crippen LogP contribution is 2.41. The second kappa shape index (κ2) is 9.85. The smallest absolute Gasteiger partial charge is 0.303 e. The Kier molecular flexibility index (Phi) is 6.93. The SMILES string of the molecule is O=C(O)CCC/C=C\C[C@H]1[C@@H](O)CC(=O)[C@@H]1/C=C/C1(C2Oc3ccccc3O2)OCCO1. The first-order valence-electron chi connectivity index (χ1n) is 11.0. The molecule has 0 amide bonds. The van der Waals surface area contributed by atoms with Crippen LogP contribution in [0.1, 0.15) is 32.1 Å². The molecule has 1 saturated carbocycles. The zero-order chi connectivity index (χ0) is 22.6. The zero-order valence-electron chi connectivity index (χ0n) is 17.7. The predicted octanol–water partition coefficient (Wildman–Crippen LogP) is 2.85. The summed E-state index contributed by atoms with van der Waals surface area (Å²) in [5, 5.41) is 19.1. The summed E-state index contributed by atoms with van der Waals surface area (Å²) in [5.74, 6) is -1.68. The quantitative estimate of drug-likeness (QED) is 0.442. The van der Waals surface area contributed by atoms with Gasteiger partial charge in [-0.05, 0) is 37.5 Å². The van der Waals surface area contributed by atoms with E-state index in [9.17, 15) is 14.7 Å². The third kappa shape index (κ3) is 4.87. The molecule has 0 aromatic heterocycles. The molecule has 1 aliphatic carbocycles. The number of Topliss-reactive ketones (excluding diaryl/α,β-unsaturated/α-hetero) is 1. The first kappa shape index (κ1) is 22.5. The molecule has 0 unspecified atom stereocenters. The van der Waals surface area contributed by atoms with Crippen molar-refractivity contribution in [3.05, 3.63) is 48.6 Å². The van der Waals surface area contributed by atoms with Gasteiger partial charge in [-0.25, -0.2) is 0 Å². The van der Waals surface area contributed by atoms with Crippen LogP contribution in [0.4, 0.5) is 0 Å². The van der Waals surface area contributed by atoms with E-state index in [1.807, 2.05) is 24.3 Å². The molecule has 3 aliphatic rings. The highest BCUT2D eigenvalue weighted by atomic mass is 16.8.